The van der Waals surface area contributed by atoms with Gasteiger partial charge in [0.05, 0.1) is 0 Å². The third-order valence-corrected chi connectivity index (χ3v) is 4.83. The highest BCUT2D eigenvalue weighted by atomic mass is 127. The van der Waals surface area contributed by atoms with Gasteiger partial charge in [-0.05, 0) is 43.4 Å². The fourth-order valence-corrected chi connectivity index (χ4v) is 3.51. The third-order valence-electron chi connectivity index (χ3n) is 4.83. The highest BCUT2D eigenvalue weighted by Crippen LogP contribution is 2.24. The largest absolute Gasteiger partial charge is 0.370 e. The van der Waals surface area contributed by atoms with Gasteiger partial charge in [-0.1, -0.05) is 12.1 Å². The average Bonchev–Trinajstić information content (AvgIpc) is 3.15. The minimum absolute atomic E-state index is 0. The van der Waals surface area contributed by atoms with Crippen LogP contribution in [0.2, 0.25) is 0 Å². The Bertz CT molecular complexity index is 954. The molecule has 3 N–H and O–H groups in total. The summed E-state index contributed by atoms with van der Waals surface area (Å²) in [6.45, 7) is 4.60. The number of aliphatic imine (C=N–C) groups is 1. The Kier molecular flexibility index (Phi) is 6.65. The van der Waals surface area contributed by atoms with Crippen LogP contribution in [0.5, 0.6) is 0 Å². The molecule has 2 aromatic heterocycles. The first-order valence-corrected chi connectivity index (χ1v) is 9.22. The molecular weight excluding hydrogens is 467 g/mol. The molecule has 1 aliphatic heterocycles. The van der Waals surface area contributed by atoms with Gasteiger partial charge in [0.25, 0.3) is 0 Å². The molecule has 1 saturated heterocycles. The van der Waals surface area contributed by atoms with E-state index >= 15 is 0 Å². The van der Waals surface area contributed by atoms with Crippen LogP contribution < -0.4 is 16.0 Å². The highest BCUT2D eigenvalue weighted by molar-refractivity contribution is 14.0. The molecule has 8 nitrogen and oxygen atoms in total. The van der Waals surface area contributed by atoms with Crippen LogP contribution in [-0.4, -0.2) is 45.2 Å². The second kappa shape index (κ2) is 9.18. The van der Waals surface area contributed by atoms with Crippen molar-refractivity contribution in [3.63, 3.8) is 0 Å². The molecule has 1 fully saturated rings. The van der Waals surface area contributed by atoms with Crippen molar-refractivity contribution in [3.8, 4) is 0 Å². The molecular formula is C19H25IN8. The summed E-state index contributed by atoms with van der Waals surface area (Å²) in [6.07, 6.45) is 7.58. The molecule has 28 heavy (non-hydrogen) atoms. The number of nitrogens with two attached hydrogens (primary N) is 1. The lowest BCUT2D eigenvalue weighted by molar-refractivity contribution is 0.422. The molecule has 148 valence electrons. The summed E-state index contributed by atoms with van der Waals surface area (Å²) in [6, 6.07) is 8.10. The Hall–Kier alpha value is -2.43. The topological polar surface area (TPSA) is 96.7 Å². The van der Waals surface area contributed by atoms with Gasteiger partial charge in [0, 0.05) is 37.7 Å². The summed E-state index contributed by atoms with van der Waals surface area (Å²) in [5.41, 5.74) is 9.01. The number of guanidine groups is 1. The van der Waals surface area contributed by atoms with Crippen LogP contribution in [-0.2, 0) is 0 Å². The number of benzene rings is 1. The smallest absolute Gasteiger partial charge is 0.203 e. The van der Waals surface area contributed by atoms with Crippen molar-refractivity contribution in [2.45, 2.75) is 19.8 Å². The van der Waals surface area contributed by atoms with Gasteiger partial charge in [-0.25, -0.2) is 4.98 Å². The zero-order valence-corrected chi connectivity index (χ0v) is 18.2. The van der Waals surface area contributed by atoms with Gasteiger partial charge in [0.1, 0.15) is 6.33 Å². The first-order chi connectivity index (χ1) is 13.2. The Balaban J connectivity index is 0.00000225. The maximum atomic E-state index is 6.07. The first-order valence-electron chi connectivity index (χ1n) is 9.22. The number of anilines is 2. The Morgan fingerprint density at radius 1 is 1.39 bits per heavy atom. The average molecular weight is 492 g/mol. The number of halogens is 1. The molecule has 4 rings (SSSR count). The van der Waals surface area contributed by atoms with Crippen molar-refractivity contribution in [3.05, 3.63) is 48.5 Å². The minimum atomic E-state index is 0. The Morgan fingerprint density at radius 3 is 3.14 bits per heavy atom. The van der Waals surface area contributed by atoms with E-state index < -0.39 is 0 Å². The zero-order valence-electron chi connectivity index (χ0n) is 15.8. The number of piperidine rings is 1. The van der Waals surface area contributed by atoms with E-state index in [0.717, 1.165) is 43.1 Å². The predicted molar refractivity (Wildman–Crippen MR) is 122 cm³/mol. The lowest BCUT2D eigenvalue weighted by Gasteiger charge is -2.32. The number of nitrogens with zero attached hydrogens (tertiary/aromatic N) is 6. The number of nitrogens with one attached hydrogen (secondary N) is 1. The molecule has 0 saturated carbocycles. The molecule has 1 aromatic carbocycles. The summed E-state index contributed by atoms with van der Waals surface area (Å²) < 4.78 is 1.90. The molecule has 1 unspecified atom stereocenters. The molecule has 1 aliphatic rings. The van der Waals surface area contributed by atoms with E-state index in [9.17, 15) is 0 Å². The Morgan fingerprint density at radius 2 is 2.29 bits per heavy atom. The van der Waals surface area contributed by atoms with E-state index in [2.05, 4.69) is 49.4 Å². The number of fused-ring (bicyclic) bond motifs is 1. The molecule has 0 spiro atoms. The molecule has 0 bridgehead atoms. The van der Waals surface area contributed by atoms with Crippen LogP contribution in [0.4, 0.5) is 11.5 Å². The summed E-state index contributed by atoms with van der Waals surface area (Å²) >= 11 is 0. The van der Waals surface area contributed by atoms with Gasteiger partial charge in [-0.15, -0.1) is 34.2 Å². The van der Waals surface area contributed by atoms with Crippen molar-refractivity contribution < 1.29 is 0 Å². The molecule has 3 heterocycles. The molecule has 0 radical (unpaired) electrons. The lowest BCUT2D eigenvalue weighted by Crippen LogP contribution is -2.38. The van der Waals surface area contributed by atoms with Gasteiger partial charge >= 0.3 is 0 Å². The molecule has 1 atom stereocenters. The monoisotopic (exact) mass is 492 g/mol. The van der Waals surface area contributed by atoms with E-state index in [-0.39, 0.29) is 24.0 Å². The third kappa shape index (κ3) is 4.70. The van der Waals surface area contributed by atoms with Crippen molar-refractivity contribution in [2.75, 3.05) is 29.9 Å². The molecule has 0 aliphatic carbocycles. The van der Waals surface area contributed by atoms with E-state index in [1.165, 1.54) is 5.56 Å². The number of aryl methyl sites for hydroxylation is 1. The van der Waals surface area contributed by atoms with Crippen molar-refractivity contribution in [1.29, 1.82) is 0 Å². The quantitative estimate of drug-likeness (QED) is 0.330. The van der Waals surface area contributed by atoms with Crippen molar-refractivity contribution in [1.82, 2.24) is 19.6 Å². The van der Waals surface area contributed by atoms with E-state index in [4.69, 9.17) is 5.73 Å². The van der Waals surface area contributed by atoms with Crippen molar-refractivity contribution in [2.24, 2.45) is 16.6 Å². The Labute approximate surface area is 181 Å². The molecule has 9 heteroatoms. The van der Waals surface area contributed by atoms with Gasteiger partial charge < -0.3 is 16.0 Å². The van der Waals surface area contributed by atoms with Gasteiger partial charge in [-0.3, -0.25) is 9.39 Å². The minimum Gasteiger partial charge on any atom is -0.370 e. The molecule has 3 aromatic rings. The number of hydrogen-bond acceptors (Lipinski definition) is 5. The maximum Gasteiger partial charge on any atom is 0.203 e. The SMILES string of the molecule is Cc1cccc(NC(N)=NCC2CCCN(c3nccn4cnnc34)C2)c1.I. The van der Waals surface area contributed by atoms with Crippen molar-refractivity contribution >= 4 is 47.1 Å². The van der Waals surface area contributed by atoms with Crippen LogP contribution in [0.15, 0.2) is 48.0 Å². The number of rotatable bonds is 4. The highest BCUT2D eigenvalue weighted by Gasteiger charge is 2.23. The van der Waals surface area contributed by atoms with E-state index in [0.29, 0.717) is 18.4 Å². The fraction of sp³-hybridized carbons (Fsp3) is 0.368. The predicted octanol–water partition coefficient (Wildman–Crippen LogP) is 2.69. The fourth-order valence-electron chi connectivity index (χ4n) is 3.51. The zero-order chi connectivity index (χ0) is 18.6. The number of hydrogen-bond donors (Lipinski definition) is 2. The van der Waals surface area contributed by atoms with Gasteiger partial charge in [-0.2, -0.15) is 0 Å². The summed E-state index contributed by atoms with van der Waals surface area (Å²) in [5.74, 6) is 1.77. The summed E-state index contributed by atoms with van der Waals surface area (Å²) in [5, 5.41) is 11.3. The van der Waals surface area contributed by atoms with E-state index in [1.807, 2.05) is 22.7 Å². The van der Waals surface area contributed by atoms with Crippen LogP contribution in [0.25, 0.3) is 5.65 Å². The maximum absolute atomic E-state index is 6.07. The summed E-state index contributed by atoms with van der Waals surface area (Å²) in [4.78, 5) is 11.4. The first kappa shape index (κ1) is 20.3. The van der Waals surface area contributed by atoms with Crippen LogP contribution in [0, 0.1) is 12.8 Å². The second-order valence-corrected chi connectivity index (χ2v) is 6.99. The number of aromatic nitrogens is 4. The lowest BCUT2D eigenvalue weighted by atomic mass is 9.98. The second-order valence-electron chi connectivity index (χ2n) is 6.99. The molecule has 0 amide bonds. The van der Waals surface area contributed by atoms with Crippen LogP contribution in [0.3, 0.4) is 0 Å². The van der Waals surface area contributed by atoms with E-state index in [1.54, 1.807) is 12.5 Å². The van der Waals surface area contributed by atoms with Crippen LogP contribution in [0.1, 0.15) is 18.4 Å². The summed E-state index contributed by atoms with van der Waals surface area (Å²) in [7, 11) is 0. The van der Waals surface area contributed by atoms with Gasteiger partial charge in [0.15, 0.2) is 11.8 Å². The normalized spacial score (nSPS) is 17.4. The van der Waals surface area contributed by atoms with Gasteiger partial charge in [0.2, 0.25) is 5.65 Å². The van der Waals surface area contributed by atoms with Crippen LogP contribution >= 0.6 is 24.0 Å². The standard InChI is InChI=1S/C19H24N8.HI/c1-14-4-2-6-16(10-14)24-19(20)22-11-15-5-3-8-26(12-15)17-18-25-23-13-27(18)9-7-21-17;/h2,4,6-7,9-10,13,15H,3,5,8,11-12H2,1H3,(H3,20,22,24);1H.